The first-order chi connectivity index (χ1) is 13.7. The summed E-state index contributed by atoms with van der Waals surface area (Å²) in [6.45, 7) is 0. The number of nitrogens with zero attached hydrogens (tertiary/aromatic N) is 4. The molecule has 0 atom stereocenters. The number of hydrogen-bond acceptors (Lipinski definition) is 8. The van der Waals surface area contributed by atoms with Crippen molar-refractivity contribution in [2.75, 3.05) is 14.2 Å². The van der Waals surface area contributed by atoms with Crippen LogP contribution < -0.4 is 9.47 Å². The van der Waals surface area contributed by atoms with E-state index >= 15 is 0 Å². The third-order valence-corrected chi connectivity index (χ3v) is 3.98. The minimum atomic E-state index is -0.427. The van der Waals surface area contributed by atoms with E-state index in [1.807, 2.05) is 0 Å². The predicted octanol–water partition coefficient (Wildman–Crippen LogP) is 3.53. The molecule has 2 aromatic heterocycles. The molecule has 0 spiro atoms. The van der Waals surface area contributed by atoms with Crippen LogP contribution in [0.1, 0.15) is 11.8 Å². The first-order valence-electron chi connectivity index (χ1n) is 8.30. The van der Waals surface area contributed by atoms with Gasteiger partial charge in [-0.1, -0.05) is 17.3 Å². The predicted molar refractivity (Wildman–Crippen MR) is 95.3 cm³/mol. The van der Waals surface area contributed by atoms with Crippen LogP contribution in [0.5, 0.6) is 11.5 Å². The fourth-order valence-corrected chi connectivity index (χ4v) is 2.62. The molecule has 2 aromatic carbocycles. The van der Waals surface area contributed by atoms with E-state index in [4.69, 9.17) is 18.4 Å². The van der Waals surface area contributed by atoms with E-state index in [1.165, 1.54) is 6.07 Å². The number of rotatable bonds is 6. The molecule has 4 aromatic rings. The van der Waals surface area contributed by atoms with E-state index in [9.17, 15) is 4.39 Å². The normalized spacial score (nSPS) is 10.8. The van der Waals surface area contributed by atoms with Crippen molar-refractivity contribution in [2.45, 2.75) is 6.42 Å². The zero-order valence-corrected chi connectivity index (χ0v) is 15.0. The molecule has 0 fully saturated rings. The molecular formula is C19H15FN4O4. The molecule has 0 N–H and O–H groups in total. The van der Waals surface area contributed by atoms with Crippen LogP contribution in [0.15, 0.2) is 51.4 Å². The van der Waals surface area contributed by atoms with Gasteiger partial charge in [0.15, 0.2) is 11.5 Å². The Balaban J connectivity index is 1.54. The van der Waals surface area contributed by atoms with E-state index in [1.54, 1.807) is 50.6 Å². The maximum atomic E-state index is 13.8. The topological polar surface area (TPSA) is 96.3 Å². The molecule has 142 valence electrons. The van der Waals surface area contributed by atoms with Gasteiger partial charge in [0.25, 0.3) is 0 Å². The Labute approximate surface area is 158 Å². The molecular weight excluding hydrogens is 367 g/mol. The Kier molecular flexibility index (Phi) is 4.71. The Morgan fingerprint density at radius 3 is 2.57 bits per heavy atom. The van der Waals surface area contributed by atoms with Crippen LogP contribution in [0, 0.1) is 5.82 Å². The molecule has 0 bridgehead atoms. The lowest BCUT2D eigenvalue weighted by molar-refractivity contribution is 0.355. The van der Waals surface area contributed by atoms with Gasteiger partial charge in [-0.05, 0) is 30.3 Å². The molecule has 0 saturated carbocycles. The second-order valence-corrected chi connectivity index (χ2v) is 5.74. The molecule has 4 rings (SSSR count). The van der Waals surface area contributed by atoms with Gasteiger partial charge in [0.2, 0.25) is 23.5 Å². The molecule has 0 amide bonds. The van der Waals surface area contributed by atoms with Crippen LogP contribution >= 0.6 is 0 Å². The molecule has 0 unspecified atom stereocenters. The molecule has 9 heteroatoms. The summed E-state index contributed by atoms with van der Waals surface area (Å²) in [6.07, 6.45) is 0.127. The average molecular weight is 382 g/mol. The minimum absolute atomic E-state index is 0.127. The molecule has 8 nitrogen and oxygen atoms in total. The zero-order valence-electron chi connectivity index (χ0n) is 15.0. The third-order valence-electron chi connectivity index (χ3n) is 3.98. The second-order valence-electron chi connectivity index (χ2n) is 5.74. The number of aromatic nitrogens is 4. The van der Waals surface area contributed by atoms with Crippen LogP contribution in [0.2, 0.25) is 0 Å². The van der Waals surface area contributed by atoms with E-state index in [-0.39, 0.29) is 29.6 Å². The van der Waals surface area contributed by atoms with E-state index in [0.717, 1.165) is 0 Å². The summed E-state index contributed by atoms with van der Waals surface area (Å²) in [5.74, 6) is 1.71. The van der Waals surface area contributed by atoms with Gasteiger partial charge >= 0.3 is 0 Å². The van der Waals surface area contributed by atoms with E-state index < -0.39 is 5.82 Å². The van der Waals surface area contributed by atoms with Gasteiger partial charge < -0.3 is 18.4 Å². The molecule has 0 saturated heterocycles. The number of methoxy groups -OCH3 is 2. The number of halogens is 1. The average Bonchev–Trinajstić information content (AvgIpc) is 3.38. The summed E-state index contributed by atoms with van der Waals surface area (Å²) < 4.78 is 35.2. The highest BCUT2D eigenvalue weighted by Gasteiger charge is 2.17. The lowest BCUT2D eigenvalue weighted by Gasteiger charge is -2.07. The molecule has 0 aliphatic carbocycles. The van der Waals surface area contributed by atoms with Gasteiger partial charge in [0.1, 0.15) is 12.2 Å². The first kappa shape index (κ1) is 17.7. The van der Waals surface area contributed by atoms with Crippen LogP contribution in [0.3, 0.4) is 0 Å². The Hall–Kier alpha value is -3.75. The van der Waals surface area contributed by atoms with Crippen molar-refractivity contribution in [1.29, 1.82) is 0 Å². The highest BCUT2D eigenvalue weighted by atomic mass is 19.1. The van der Waals surface area contributed by atoms with Gasteiger partial charge in [0, 0.05) is 5.56 Å². The maximum Gasteiger partial charge on any atom is 0.247 e. The summed E-state index contributed by atoms with van der Waals surface area (Å²) in [5.41, 5.74) is 0.933. The van der Waals surface area contributed by atoms with Gasteiger partial charge in [0.05, 0.1) is 19.8 Å². The lowest BCUT2D eigenvalue weighted by Crippen LogP contribution is -1.90. The van der Waals surface area contributed by atoms with Crippen molar-refractivity contribution in [1.82, 2.24) is 20.3 Å². The summed E-state index contributed by atoms with van der Waals surface area (Å²) in [4.78, 5) is 4.19. The lowest BCUT2D eigenvalue weighted by atomic mass is 10.2. The van der Waals surface area contributed by atoms with Crippen LogP contribution in [-0.2, 0) is 6.42 Å². The minimum Gasteiger partial charge on any atom is -0.493 e. The van der Waals surface area contributed by atoms with E-state index in [2.05, 4.69) is 20.3 Å². The molecule has 0 aliphatic heterocycles. The van der Waals surface area contributed by atoms with Crippen molar-refractivity contribution in [2.24, 2.45) is 0 Å². The third kappa shape index (κ3) is 3.41. The van der Waals surface area contributed by atoms with Crippen molar-refractivity contribution < 1.29 is 22.8 Å². The monoisotopic (exact) mass is 382 g/mol. The van der Waals surface area contributed by atoms with Gasteiger partial charge in [-0.15, -0.1) is 10.2 Å². The number of benzene rings is 2. The molecule has 0 aliphatic rings. The van der Waals surface area contributed by atoms with Crippen LogP contribution in [-0.4, -0.2) is 34.6 Å². The van der Waals surface area contributed by atoms with Crippen molar-refractivity contribution >= 4 is 0 Å². The van der Waals surface area contributed by atoms with E-state index in [0.29, 0.717) is 23.0 Å². The van der Waals surface area contributed by atoms with Crippen LogP contribution in [0.25, 0.3) is 22.8 Å². The largest absolute Gasteiger partial charge is 0.493 e. The summed E-state index contributed by atoms with van der Waals surface area (Å²) in [5, 5.41) is 11.8. The highest BCUT2D eigenvalue weighted by molar-refractivity contribution is 5.59. The van der Waals surface area contributed by atoms with Crippen molar-refractivity contribution in [3.63, 3.8) is 0 Å². The van der Waals surface area contributed by atoms with Gasteiger partial charge in [-0.2, -0.15) is 4.98 Å². The smallest absolute Gasteiger partial charge is 0.247 e. The van der Waals surface area contributed by atoms with Crippen LogP contribution in [0.4, 0.5) is 4.39 Å². The first-order valence-corrected chi connectivity index (χ1v) is 8.30. The highest BCUT2D eigenvalue weighted by Crippen LogP contribution is 2.32. The summed E-state index contributed by atoms with van der Waals surface area (Å²) in [6, 6.07) is 11.5. The zero-order chi connectivity index (χ0) is 19.5. The fourth-order valence-electron chi connectivity index (χ4n) is 2.62. The standard InChI is InChI=1S/C19H15FN4O4/c1-25-14-8-7-11(9-15(14)26-2)19-23-22-17(27-19)10-16-21-18(24-28-16)12-5-3-4-6-13(12)20/h3-9H,10H2,1-2H3. The SMILES string of the molecule is COc1ccc(-c2nnc(Cc3nc(-c4ccccc4F)no3)o2)cc1OC. The number of hydrogen-bond donors (Lipinski definition) is 0. The molecule has 2 heterocycles. The Bertz CT molecular complexity index is 1110. The van der Waals surface area contributed by atoms with Gasteiger partial charge in [-0.3, -0.25) is 0 Å². The fraction of sp³-hybridized carbons (Fsp3) is 0.158. The van der Waals surface area contributed by atoms with Crippen molar-refractivity contribution in [3.05, 3.63) is 60.1 Å². The number of ether oxygens (including phenoxy) is 2. The summed E-state index contributed by atoms with van der Waals surface area (Å²) >= 11 is 0. The Morgan fingerprint density at radius 2 is 1.79 bits per heavy atom. The molecule has 28 heavy (non-hydrogen) atoms. The van der Waals surface area contributed by atoms with Crippen molar-refractivity contribution in [3.8, 4) is 34.3 Å². The quantitative estimate of drug-likeness (QED) is 0.500. The summed E-state index contributed by atoms with van der Waals surface area (Å²) in [7, 11) is 3.10. The second kappa shape index (κ2) is 7.47. The molecule has 0 radical (unpaired) electrons. The maximum absolute atomic E-state index is 13.8. The van der Waals surface area contributed by atoms with Gasteiger partial charge in [-0.25, -0.2) is 4.39 Å². The Morgan fingerprint density at radius 1 is 0.964 bits per heavy atom.